The van der Waals surface area contributed by atoms with Gasteiger partial charge in [0.15, 0.2) is 11.5 Å². The summed E-state index contributed by atoms with van der Waals surface area (Å²) in [5, 5.41) is 2.90. The molecule has 31 heavy (non-hydrogen) atoms. The maximum atomic E-state index is 12.1. The van der Waals surface area contributed by atoms with E-state index in [2.05, 4.69) is 5.32 Å². The fourth-order valence-corrected chi connectivity index (χ4v) is 2.92. The molecule has 2 aromatic rings. The van der Waals surface area contributed by atoms with E-state index in [4.69, 9.17) is 23.7 Å². The van der Waals surface area contributed by atoms with Crippen molar-refractivity contribution in [3.05, 3.63) is 59.7 Å². The van der Waals surface area contributed by atoms with Crippen LogP contribution in [0.25, 0.3) is 6.08 Å². The van der Waals surface area contributed by atoms with Gasteiger partial charge in [-0.15, -0.1) is 0 Å². The molecule has 4 rings (SSSR count). The predicted molar refractivity (Wildman–Crippen MR) is 116 cm³/mol. The Kier molecular flexibility index (Phi) is 7.07. The van der Waals surface area contributed by atoms with Crippen LogP contribution in [0.5, 0.6) is 17.2 Å². The van der Waals surface area contributed by atoms with E-state index in [0.29, 0.717) is 31.3 Å². The molecule has 2 aliphatic heterocycles. The van der Waals surface area contributed by atoms with E-state index >= 15 is 0 Å². The fraction of sp³-hybridized carbons (Fsp3) is 0.375. The lowest BCUT2D eigenvalue weighted by Crippen LogP contribution is -2.23. The fourth-order valence-electron chi connectivity index (χ4n) is 2.92. The van der Waals surface area contributed by atoms with Gasteiger partial charge in [0.2, 0.25) is 5.91 Å². The molecule has 2 atom stereocenters. The number of nitrogens with one attached hydrogen (secondary N) is 1. The van der Waals surface area contributed by atoms with Gasteiger partial charge < -0.3 is 29.0 Å². The van der Waals surface area contributed by atoms with Crippen LogP contribution in [0, 0.1) is 0 Å². The van der Waals surface area contributed by atoms with E-state index in [-0.39, 0.29) is 18.1 Å². The second-order valence-electron chi connectivity index (χ2n) is 7.46. The Morgan fingerprint density at radius 1 is 1.03 bits per heavy atom. The second kappa shape index (κ2) is 10.3. The van der Waals surface area contributed by atoms with E-state index < -0.39 is 0 Å². The molecule has 0 aromatic heterocycles. The van der Waals surface area contributed by atoms with Crippen molar-refractivity contribution in [1.82, 2.24) is 5.32 Å². The number of epoxide rings is 2. The van der Waals surface area contributed by atoms with Gasteiger partial charge in [0.05, 0.1) is 20.3 Å². The number of rotatable bonds is 12. The minimum Gasteiger partial charge on any atom is -0.493 e. The first-order valence-electron chi connectivity index (χ1n) is 10.4. The number of ether oxygens (including phenoxy) is 5. The Hall–Kier alpha value is -3.03. The molecule has 0 aliphatic carbocycles. The number of amides is 1. The maximum Gasteiger partial charge on any atom is 0.244 e. The highest BCUT2D eigenvalue weighted by Gasteiger charge is 2.24. The van der Waals surface area contributed by atoms with Crippen LogP contribution < -0.4 is 19.5 Å². The van der Waals surface area contributed by atoms with E-state index in [1.807, 2.05) is 42.5 Å². The molecular formula is C24H27NO6. The zero-order valence-corrected chi connectivity index (χ0v) is 17.5. The molecule has 7 heteroatoms. The lowest BCUT2D eigenvalue weighted by molar-refractivity contribution is -0.116. The number of carbonyl (C=O) groups excluding carboxylic acids is 1. The minimum absolute atomic E-state index is 0.144. The van der Waals surface area contributed by atoms with Crippen LogP contribution in [0.1, 0.15) is 11.1 Å². The van der Waals surface area contributed by atoms with Crippen molar-refractivity contribution in [3.63, 3.8) is 0 Å². The minimum atomic E-state index is -0.144. The molecule has 2 aromatic carbocycles. The highest BCUT2D eigenvalue weighted by atomic mass is 16.6. The Labute approximate surface area is 181 Å². The van der Waals surface area contributed by atoms with Crippen molar-refractivity contribution < 1.29 is 28.5 Å². The molecule has 7 nitrogen and oxygen atoms in total. The Balaban J connectivity index is 1.21. The molecule has 2 fully saturated rings. The molecule has 2 heterocycles. The van der Waals surface area contributed by atoms with Crippen molar-refractivity contribution in [3.8, 4) is 17.2 Å². The molecule has 1 amide bonds. The number of benzene rings is 2. The predicted octanol–water partition coefficient (Wildman–Crippen LogP) is 2.62. The molecule has 0 spiro atoms. The summed E-state index contributed by atoms with van der Waals surface area (Å²) in [7, 11) is 1.60. The first-order chi connectivity index (χ1) is 15.2. The highest BCUT2D eigenvalue weighted by molar-refractivity contribution is 5.91. The van der Waals surface area contributed by atoms with Gasteiger partial charge in [-0.25, -0.2) is 0 Å². The van der Waals surface area contributed by atoms with Gasteiger partial charge in [-0.1, -0.05) is 18.2 Å². The summed E-state index contributed by atoms with van der Waals surface area (Å²) < 4.78 is 27.0. The van der Waals surface area contributed by atoms with E-state index in [1.165, 1.54) is 6.08 Å². The van der Waals surface area contributed by atoms with Crippen molar-refractivity contribution in [2.75, 3.05) is 40.1 Å². The van der Waals surface area contributed by atoms with Gasteiger partial charge in [-0.05, 0) is 47.9 Å². The molecule has 0 saturated carbocycles. The maximum absolute atomic E-state index is 12.1. The lowest BCUT2D eigenvalue weighted by atomic mass is 10.1. The molecule has 2 saturated heterocycles. The Morgan fingerprint density at radius 2 is 1.74 bits per heavy atom. The third kappa shape index (κ3) is 7.01. The first kappa shape index (κ1) is 21.2. The average Bonchev–Trinajstić information content (AvgIpc) is 3.70. The Morgan fingerprint density at radius 3 is 2.42 bits per heavy atom. The standard InChI is InChI=1S/C24H27NO6/c1-27-22-8-4-18(12-23(22)31-16-21-15-30-21)5-9-24(26)25-11-10-17-2-6-19(7-3-17)28-13-20-14-29-20/h2-9,12,20-21H,10-11,13-16H2,1H3,(H,25,26)/b9-5+. The van der Waals surface area contributed by atoms with Crippen LogP contribution in [0.2, 0.25) is 0 Å². The zero-order valence-electron chi connectivity index (χ0n) is 17.5. The van der Waals surface area contributed by atoms with Crippen molar-refractivity contribution >= 4 is 12.0 Å². The quantitative estimate of drug-likeness (QED) is 0.416. The van der Waals surface area contributed by atoms with Gasteiger partial charge in [-0.2, -0.15) is 0 Å². The summed E-state index contributed by atoms with van der Waals surface area (Å²) in [5.41, 5.74) is 1.99. The SMILES string of the molecule is COc1ccc(/C=C/C(=O)NCCc2ccc(OCC3CO3)cc2)cc1OCC1CO1. The summed E-state index contributed by atoms with van der Waals surface area (Å²) in [4.78, 5) is 12.1. The zero-order chi connectivity index (χ0) is 21.5. The molecular weight excluding hydrogens is 398 g/mol. The van der Waals surface area contributed by atoms with Crippen molar-refractivity contribution in [1.29, 1.82) is 0 Å². The third-order valence-corrected chi connectivity index (χ3v) is 4.92. The molecule has 0 bridgehead atoms. The highest BCUT2D eigenvalue weighted by Crippen LogP contribution is 2.29. The van der Waals surface area contributed by atoms with Crippen molar-refractivity contribution in [2.24, 2.45) is 0 Å². The summed E-state index contributed by atoms with van der Waals surface area (Å²) in [5.74, 6) is 1.98. The van der Waals surface area contributed by atoms with Crippen molar-refractivity contribution in [2.45, 2.75) is 18.6 Å². The van der Waals surface area contributed by atoms with Crippen LogP contribution in [-0.2, 0) is 20.7 Å². The number of hydrogen-bond acceptors (Lipinski definition) is 6. The van der Waals surface area contributed by atoms with Crippen LogP contribution in [0.15, 0.2) is 48.5 Å². The molecule has 2 aliphatic rings. The number of carbonyl (C=O) groups is 1. The van der Waals surface area contributed by atoms with Gasteiger partial charge in [0.1, 0.15) is 31.2 Å². The smallest absolute Gasteiger partial charge is 0.244 e. The Bertz CT molecular complexity index is 903. The summed E-state index contributed by atoms with van der Waals surface area (Å²) in [6.45, 7) is 3.16. The number of methoxy groups -OCH3 is 1. The largest absolute Gasteiger partial charge is 0.493 e. The monoisotopic (exact) mass is 425 g/mol. The van der Waals surface area contributed by atoms with Gasteiger partial charge in [-0.3, -0.25) is 4.79 Å². The normalized spacial score (nSPS) is 19.1. The van der Waals surface area contributed by atoms with Crippen LogP contribution in [0.4, 0.5) is 0 Å². The van der Waals surface area contributed by atoms with Gasteiger partial charge >= 0.3 is 0 Å². The first-order valence-corrected chi connectivity index (χ1v) is 10.4. The lowest BCUT2D eigenvalue weighted by Gasteiger charge is -2.10. The average molecular weight is 425 g/mol. The topological polar surface area (TPSA) is 81.9 Å². The summed E-state index contributed by atoms with van der Waals surface area (Å²) >= 11 is 0. The van der Waals surface area contributed by atoms with Crippen LogP contribution in [0.3, 0.4) is 0 Å². The molecule has 164 valence electrons. The molecule has 2 unspecified atom stereocenters. The third-order valence-electron chi connectivity index (χ3n) is 4.92. The van der Waals surface area contributed by atoms with E-state index in [1.54, 1.807) is 13.2 Å². The van der Waals surface area contributed by atoms with Crippen LogP contribution in [-0.4, -0.2) is 58.2 Å². The van der Waals surface area contributed by atoms with E-state index in [0.717, 1.165) is 36.5 Å². The summed E-state index contributed by atoms with van der Waals surface area (Å²) in [6.07, 6.45) is 4.43. The molecule has 1 N–H and O–H groups in total. The van der Waals surface area contributed by atoms with Gasteiger partial charge in [0, 0.05) is 12.6 Å². The van der Waals surface area contributed by atoms with Crippen LogP contribution >= 0.6 is 0 Å². The molecule has 0 radical (unpaired) electrons. The van der Waals surface area contributed by atoms with Gasteiger partial charge in [0.25, 0.3) is 0 Å². The second-order valence-corrected chi connectivity index (χ2v) is 7.46. The summed E-state index contributed by atoms with van der Waals surface area (Å²) in [6, 6.07) is 13.5. The van der Waals surface area contributed by atoms with E-state index in [9.17, 15) is 4.79 Å². The number of hydrogen-bond donors (Lipinski definition) is 1.